The molecule has 2 aromatic carbocycles. The standard InChI is InChI=1S/C26H29F3O2/c1-3-5-6-17-7-9-18(10-8-17)19-11-13-20(14-12-19)21-15-16-22(23(30)4-2)25(31)24(21)26(27,28)29/h3,11-18,31H,1,4-10H2,2H3. The quantitative estimate of drug-likeness (QED) is 0.358. The predicted molar refractivity (Wildman–Crippen MR) is 117 cm³/mol. The summed E-state index contributed by atoms with van der Waals surface area (Å²) in [5.74, 6) is -0.350. The summed E-state index contributed by atoms with van der Waals surface area (Å²) in [6.07, 6.45) is 3.94. The van der Waals surface area contributed by atoms with Crippen molar-refractivity contribution in [3.05, 3.63) is 65.7 Å². The van der Waals surface area contributed by atoms with Crippen molar-refractivity contribution >= 4 is 5.78 Å². The molecule has 166 valence electrons. The molecule has 0 saturated heterocycles. The molecule has 0 heterocycles. The monoisotopic (exact) mass is 430 g/mol. The predicted octanol–water partition coefficient (Wildman–Crippen LogP) is 7.91. The first-order valence-electron chi connectivity index (χ1n) is 10.9. The van der Waals surface area contributed by atoms with Crippen molar-refractivity contribution in [2.45, 2.75) is 64.0 Å². The zero-order chi connectivity index (χ0) is 22.6. The maximum Gasteiger partial charge on any atom is 0.420 e. The number of hydrogen-bond acceptors (Lipinski definition) is 2. The summed E-state index contributed by atoms with van der Waals surface area (Å²) >= 11 is 0. The molecule has 1 N–H and O–H groups in total. The topological polar surface area (TPSA) is 37.3 Å². The van der Waals surface area contributed by atoms with Gasteiger partial charge in [0.05, 0.1) is 5.56 Å². The summed E-state index contributed by atoms with van der Waals surface area (Å²) in [6.45, 7) is 5.33. The molecule has 1 saturated carbocycles. The van der Waals surface area contributed by atoms with Gasteiger partial charge in [0.15, 0.2) is 5.78 Å². The molecule has 2 aromatic rings. The van der Waals surface area contributed by atoms with Crippen LogP contribution in [0.3, 0.4) is 0 Å². The Kier molecular flexibility index (Phi) is 7.24. The number of alkyl halides is 3. The van der Waals surface area contributed by atoms with Gasteiger partial charge < -0.3 is 5.11 Å². The fourth-order valence-corrected chi connectivity index (χ4v) is 4.61. The second-order valence-corrected chi connectivity index (χ2v) is 8.36. The van der Waals surface area contributed by atoms with Gasteiger partial charge in [0, 0.05) is 6.42 Å². The highest BCUT2D eigenvalue weighted by Gasteiger charge is 2.38. The molecule has 0 radical (unpaired) electrons. The molecule has 1 aliphatic rings. The van der Waals surface area contributed by atoms with Gasteiger partial charge in [-0.2, -0.15) is 13.2 Å². The fraction of sp³-hybridized carbons (Fsp3) is 0.423. The number of hydrogen-bond donors (Lipinski definition) is 1. The van der Waals surface area contributed by atoms with Crippen LogP contribution in [-0.4, -0.2) is 10.9 Å². The highest BCUT2D eigenvalue weighted by molar-refractivity contribution is 5.99. The Hall–Kier alpha value is -2.56. The summed E-state index contributed by atoms with van der Waals surface area (Å²) in [6, 6.07) is 9.73. The van der Waals surface area contributed by atoms with E-state index in [0.717, 1.165) is 30.7 Å². The Balaban J connectivity index is 1.85. The fourth-order valence-electron chi connectivity index (χ4n) is 4.61. The Labute approximate surface area is 181 Å². The first kappa shape index (κ1) is 23.1. The molecule has 0 spiro atoms. The van der Waals surface area contributed by atoms with Crippen LogP contribution in [0, 0.1) is 5.92 Å². The van der Waals surface area contributed by atoms with Crippen molar-refractivity contribution in [2.75, 3.05) is 0 Å². The van der Waals surface area contributed by atoms with E-state index in [1.807, 2.05) is 18.2 Å². The van der Waals surface area contributed by atoms with Crippen LogP contribution in [0.15, 0.2) is 49.1 Å². The maximum atomic E-state index is 13.8. The number of aromatic hydroxyl groups is 1. The molecule has 5 heteroatoms. The molecule has 0 unspecified atom stereocenters. The van der Waals surface area contributed by atoms with E-state index in [4.69, 9.17) is 0 Å². The second kappa shape index (κ2) is 9.71. The molecule has 0 bridgehead atoms. The number of halogens is 3. The van der Waals surface area contributed by atoms with Crippen molar-refractivity contribution in [1.82, 2.24) is 0 Å². The number of allylic oxidation sites excluding steroid dienone is 1. The van der Waals surface area contributed by atoms with Gasteiger partial charge in [0.2, 0.25) is 0 Å². The number of phenols is 1. The van der Waals surface area contributed by atoms with Gasteiger partial charge in [0.25, 0.3) is 0 Å². The minimum atomic E-state index is -4.77. The molecule has 1 fully saturated rings. The van der Waals surface area contributed by atoms with Gasteiger partial charge in [-0.25, -0.2) is 0 Å². The smallest absolute Gasteiger partial charge is 0.420 e. The van der Waals surface area contributed by atoms with E-state index in [0.29, 0.717) is 11.5 Å². The van der Waals surface area contributed by atoms with E-state index >= 15 is 0 Å². The third kappa shape index (κ3) is 5.20. The second-order valence-electron chi connectivity index (χ2n) is 8.36. The number of phenolic OH excluding ortho intramolecular Hbond substituents is 1. The molecule has 3 rings (SSSR count). The van der Waals surface area contributed by atoms with Gasteiger partial charge in [-0.3, -0.25) is 4.79 Å². The number of carbonyl (C=O) groups excluding carboxylic acids is 1. The molecule has 0 aromatic heterocycles. The molecule has 2 nitrogen and oxygen atoms in total. The van der Waals surface area contributed by atoms with Crippen molar-refractivity contribution in [3.8, 4) is 16.9 Å². The van der Waals surface area contributed by atoms with E-state index in [9.17, 15) is 23.1 Å². The van der Waals surface area contributed by atoms with E-state index in [1.165, 1.54) is 31.4 Å². The summed E-state index contributed by atoms with van der Waals surface area (Å²) in [7, 11) is 0. The van der Waals surface area contributed by atoms with Crippen LogP contribution in [0.5, 0.6) is 5.75 Å². The van der Waals surface area contributed by atoms with E-state index in [-0.39, 0.29) is 17.5 Å². The van der Waals surface area contributed by atoms with E-state index in [1.54, 1.807) is 19.1 Å². The Morgan fingerprint density at radius 3 is 2.29 bits per heavy atom. The van der Waals surface area contributed by atoms with Crippen LogP contribution in [0.2, 0.25) is 0 Å². The summed E-state index contributed by atoms with van der Waals surface area (Å²) < 4.78 is 41.3. The maximum absolute atomic E-state index is 13.8. The van der Waals surface area contributed by atoms with Crippen LogP contribution in [0.4, 0.5) is 13.2 Å². The minimum absolute atomic E-state index is 0.0226. The number of ketones is 1. The molecule has 0 aliphatic heterocycles. The summed E-state index contributed by atoms with van der Waals surface area (Å²) in [4.78, 5) is 11.9. The summed E-state index contributed by atoms with van der Waals surface area (Å²) in [5.41, 5.74) is -0.0361. The van der Waals surface area contributed by atoms with Gasteiger partial charge in [-0.15, -0.1) is 6.58 Å². The largest absolute Gasteiger partial charge is 0.507 e. The lowest BCUT2D eigenvalue weighted by molar-refractivity contribution is -0.138. The van der Waals surface area contributed by atoms with Gasteiger partial charge >= 0.3 is 6.18 Å². The number of benzene rings is 2. The average Bonchev–Trinajstić information content (AvgIpc) is 2.76. The summed E-state index contributed by atoms with van der Waals surface area (Å²) in [5, 5.41) is 10.3. The minimum Gasteiger partial charge on any atom is -0.507 e. The zero-order valence-corrected chi connectivity index (χ0v) is 17.8. The molecule has 0 atom stereocenters. The van der Waals surface area contributed by atoms with Crippen molar-refractivity contribution in [1.29, 1.82) is 0 Å². The van der Waals surface area contributed by atoms with E-state index < -0.39 is 23.3 Å². The van der Waals surface area contributed by atoms with Gasteiger partial charge in [0.1, 0.15) is 11.3 Å². The first-order chi connectivity index (χ1) is 14.8. The van der Waals surface area contributed by atoms with Crippen molar-refractivity contribution < 1.29 is 23.1 Å². The first-order valence-corrected chi connectivity index (χ1v) is 10.9. The molecule has 31 heavy (non-hydrogen) atoms. The molecular formula is C26H29F3O2. The van der Waals surface area contributed by atoms with Gasteiger partial charge in [-0.1, -0.05) is 43.3 Å². The highest BCUT2D eigenvalue weighted by Crippen LogP contribution is 2.45. The van der Waals surface area contributed by atoms with Crippen LogP contribution in [0.25, 0.3) is 11.1 Å². The van der Waals surface area contributed by atoms with Crippen LogP contribution in [0.1, 0.15) is 79.3 Å². The lowest BCUT2D eigenvalue weighted by Crippen LogP contribution is -2.13. The Morgan fingerprint density at radius 1 is 1.10 bits per heavy atom. The van der Waals surface area contributed by atoms with Crippen molar-refractivity contribution in [3.63, 3.8) is 0 Å². The molecule has 1 aliphatic carbocycles. The highest BCUT2D eigenvalue weighted by atomic mass is 19.4. The lowest BCUT2D eigenvalue weighted by atomic mass is 9.77. The zero-order valence-electron chi connectivity index (χ0n) is 17.8. The van der Waals surface area contributed by atoms with Crippen LogP contribution in [-0.2, 0) is 6.18 Å². The normalized spacial score (nSPS) is 19.2. The number of Topliss-reactive ketones (excluding diaryl/α,β-unsaturated/α-hetero) is 1. The lowest BCUT2D eigenvalue weighted by Gasteiger charge is -2.28. The van der Waals surface area contributed by atoms with Crippen LogP contribution >= 0.6 is 0 Å². The van der Waals surface area contributed by atoms with Crippen LogP contribution < -0.4 is 0 Å². The molecular weight excluding hydrogens is 401 g/mol. The Bertz CT molecular complexity index is 921. The Morgan fingerprint density at radius 2 is 1.74 bits per heavy atom. The SMILES string of the molecule is C=CCCC1CCC(c2ccc(-c3ccc(C(=O)CC)c(O)c3C(F)(F)F)cc2)CC1. The third-order valence-corrected chi connectivity index (χ3v) is 6.40. The number of carbonyl (C=O) groups is 1. The van der Waals surface area contributed by atoms with Gasteiger partial charge in [-0.05, 0) is 73.1 Å². The van der Waals surface area contributed by atoms with Crippen molar-refractivity contribution in [2.24, 2.45) is 5.92 Å². The average molecular weight is 431 g/mol. The number of rotatable bonds is 7. The third-order valence-electron chi connectivity index (χ3n) is 6.40. The molecule has 0 amide bonds. The van der Waals surface area contributed by atoms with E-state index in [2.05, 4.69) is 6.58 Å².